The van der Waals surface area contributed by atoms with E-state index in [1.165, 1.54) is 29.1 Å². The van der Waals surface area contributed by atoms with Gasteiger partial charge in [-0.2, -0.15) is 0 Å². The number of ether oxygens (including phenoxy) is 1. The highest BCUT2D eigenvalue weighted by Gasteiger charge is 2.20. The molecule has 0 saturated carbocycles. The molecule has 0 spiro atoms. The van der Waals surface area contributed by atoms with Gasteiger partial charge in [-0.1, -0.05) is 6.92 Å². The standard InChI is InChI=1S/C13H22N2OS/c1-3-6-14-10(2)12-8-15-13(17-12)11-5-4-7-16-9-11/h8,10-11,14H,3-7,9H2,1-2H3. The molecule has 1 aromatic rings. The van der Waals surface area contributed by atoms with E-state index in [4.69, 9.17) is 4.74 Å². The van der Waals surface area contributed by atoms with Gasteiger partial charge in [0.15, 0.2) is 0 Å². The summed E-state index contributed by atoms with van der Waals surface area (Å²) in [7, 11) is 0. The Morgan fingerprint density at radius 3 is 3.24 bits per heavy atom. The van der Waals surface area contributed by atoms with Crippen LogP contribution in [0.4, 0.5) is 0 Å². The lowest BCUT2D eigenvalue weighted by Crippen LogP contribution is -2.18. The van der Waals surface area contributed by atoms with Crippen LogP contribution in [0.3, 0.4) is 0 Å². The predicted octanol–water partition coefficient (Wildman–Crippen LogP) is 3.10. The molecule has 1 N–H and O–H groups in total. The van der Waals surface area contributed by atoms with Crippen LogP contribution in [0.2, 0.25) is 0 Å². The average Bonchev–Trinajstić information content (AvgIpc) is 2.86. The van der Waals surface area contributed by atoms with Crippen molar-refractivity contribution in [1.82, 2.24) is 10.3 Å². The SMILES string of the molecule is CCCNC(C)c1cnc(C2CCCOC2)s1. The summed E-state index contributed by atoms with van der Waals surface area (Å²) in [5.74, 6) is 0.529. The van der Waals surface area contributed by atoms with E-state index in [1.807, 2.05) is 17.5 Å². The summed E-state index contributed by atoms with van der Waals surface area (Å²) < 4.78 is 5.52. The van der Waals surface area contributed by atoms with Crippen molar-refractivity contribution in [3.63, 3.8) is 0 Å². The van der Waals surface area contributed by atoms with Gasteiger partial charge in [0.2, 0.25) is 0 Å². The highest BCUT2D eigenvalue weighted by Crippen LogP contribution is 2.30. The van der Waals surface area contributed by atoms with Gasteiger partial charge in [0.25, 0.3) is 0 Å². The molecule has 4 heteroatoms. The molecule has 1 saturated heterocycles. The van der Waals surface area contributed by atoms with Crippen LogP contribution >= 0.6 is 11.3 Å². The highest BCUT2D eigenvalue weighted by molar-refractivity contribution is 7.11. The Morgan fingerprint density at radius 1 is 1.65 bits per heavy atom. The Hall–Kier alpha value is -0.450. The van der Waals surface area contributed by atoms with E-state index in [2.05, 4.69) is 24.1 Å². The van der Waals surface area contributed by atoms with Gasteiger partial charge in [0.1, 0.15) is 0 Å². The van der Waals surface area contributed by atoms with Crippen molar-refractivity contribution in [1.29, 1.82) is 0 Å². The summed E-state index contributed by atoms with van der Waals surface area (Å²) in [6.07, 6.45) is 5.60. The van der Waals surface area contributed by atoms with Gasteiger partial charge in [0, 0.05) is 29.6 Å². The average molecular weight is 254 g/mol. The van der Waals surface area contributed by atoms with E-state index >= 15 is 0 Å². The summed E-state index contributed by atoms with van der Waals surface area (Å²) >= 11 is 1.84. The zero-order valence-corrected chi connectivity index (χ0v) is 11.6. The van der Waals surface area contributed by atoms with Gasteiger partial charge in [-0.25, -0.2) is 4.98 Å². The van der Waals surface area contributed by atoms with E-state index in [1.54, 1.807) is 0 Å². The molecule has 17 heavy (non-hydrogen) atoms. The zero-order chi connectivity index (χ0) is 12.1. The number of rotatable bonds is 5. The minimum Gasteiger partial charge on any atom is -0.381 e. The monoisotopic (exact) mass is 254 g/mol. The fourth-order valence-electron chi connectivity index (χ4n) is 2.09. The highest BCUT2D eigenvalue weighted by atomic mass is 32.1. The van der Waals surface area contributed by atoms with Crippen molar-refractivity contribution in [3.05, 3.63) is 16.1 Å². The summed E-state index contributed by atoms with van der Waals surface area (Å²) in [5.41, 5.74) is 0. The van der Waals surface area contributed by atoms with Crippen LogP contribution in [0.15, 0.2) is 6.20 Å². The lowest BCUT2D eigenvalue weighted by Gasteiger charge is -2.19. The van der Waals surface area contributed by atoms with Crippen LogP contribution in [0.1, 0.15) is 55.0 Å². The Balaban J connectivity index is 1.94. The number of hydrogen-bond donors (Lipinski definition) is 1. The van der Waals surface area contributed by atoms with E-state index < -0.39 is 0 Å². The number of hydrogen-bond acceptors (Lipinski definition) is 4. The summed E-state index contributed by atoms with van der Waals surface area (Å²) in [6, 6.07) is 0.422. The van der Waals surface area contributed by atoms with Gasteiger partial charge >= 0.3 is 0 Å². The third-order valence-electron chi connectivity index (χ3n) is 3.18. The van der Waals surface area contributed by atoms with Crippen molar-refractivity contribution in [3.8, 4) is 0 Å². The molecular formula is C13H22N2OS. The second-order valence-corrected chi connectivity index (χ2v) is 5.78. The maximum atomic E-state index is 5.52. The van der Waals surface area contributed by atoms with Crippen molar-refractivity contribution < 1.29 is 4.74 Å². The molecule has 3 nitrogen and oxygen atoms in total. The molecule has 0 aliphatic carbocycles. The normalized spacial score (nSPS) is 22.6. The van der Waals surface area contributed by atoms with Crippen molar-refractivity contribution in [2.45, 2.75) is 45.1 Å². The van der Waals surface area contributed by atoms with Crippen LogP contribution < -0.4 is 5.32 Å². The Bertz CT molecular complexity index is 334. The number of nitrogens with one attached hydrogen (secondary N) is 1. The fourth-order valence-corrected chi connectivity index (χ4v) is 3.15. The largest absolute Gasteiger partial charge is 0.381 e. The molecule has 1 aliphatic rings. The Kier molecular flexibility index (Phi) is 4.95. The topological polar surface area (TPSA) is 34.2 Å². The third kappa shape index (κ3) is 3.50. The van der Waals surface area contributed by atoms with Crippen molar-refractivity contribution in [2.75, 3.05) is 19.8 Å². The molecular weight excluding hydrogens is 232 g/mol. The van der Waals surface area contributed by atoms with Gasteiger partial charge < -0.3 is 10.1 Å². The van der Waals surface area contributed by atoms with Gasteiger partial charge in [0.05, 0.1) is 11.6 Å². The first-order chi connectivity index (χ1) is 8.31. The van der Waals surface area contributed by atoms with E-state index in [0.717, 1.165) is 19.8 Å². The smallest absolute Gasteiger partial charge is 0.0982 e. The maximum Gasteiger partial charge on any atom is 0.0982 e. The number of nitrogens with zero attached hydrogens (tertiary/aromatic N) is 1. The van der Waals surface area contributed by atoms with Crippen LogP contribution in [-0.4, -0.2) is 24.7 Å². The number of thiazole rings is 1. The summed E-state index contributed by atoms with van der Waals surface area (Å²) in [4.78, 5) is 5.91. The fraction of sp³-hybridized carbons (Fsp3) is 0.769. The third-order valence-corrected chi connectivity index (χ3v) is 4.52. The minimum absolute atomic E-state index is 0.422. The number of aromatic nitrogens is 1. The quantitative estimate of drug-likeness (QED) is 0.876. The van der Waals surface area contributed by atoms with E-state index in [0.29, 0.717) is 12.0 Å². The summed E-state index contributed by atoms with van der Waals surface area (Å²) in [5, 5.41) is 4.76. The van der Waals surface area contributed by atoms with E-state index in [-0.39, 0.29) is 0 Å². The van der Waals surface area contributed by atoms with Crippen LogP contribution in [-0.2, 0) is 4.74 Å². The molecule has 96 valence electrons. The molecule has 2 atom stereocenters. The Labute approximate surface area is 108 Å². The molecule has 0 amide bonds. The predicted molar refractivity (Wildman–Crippen MR) is 71.6 cm³/mol. The molecule has 1 aliphatic heterocycles. The molecule has 0 bridgehead atoms. The Morgan fingerprint density at radius 2 is 2.53 bits per heavy atom. The molecule has 2 unspecified atom stereocenters. The first-order valence-electron chi connectivity index (χ1n) is 6.58. The van der Waals surface area contributed by atoms with Crippen LogP contribution in [0.5, 0.6) is 0 Å². The van der Waals surface area contributed by atoms with Crippen LogP contribution in [0, 0.1) is 0 Å². The molecule has 2 rings (SSSR count). The molecule has 1 aromatic heterocycles. The summed E-state index contributed by atoms with van der Waals surface area (Å²) in [6.45, 7) is 7.25. The van der Waals surface area contributed by atoms with Gasteiger partial charge in [-0.15, -0.1) is 11.3 Å². The molecule has 0 aromatic carbocycles. The van der Waals surface area contributed by atoms with Crippen molar-refractivity contribution in [2.24, 2.45) is 0 Å². The molecule has 0 radical (unpaired) electrons. The lowest BCUT2D eigenvalue weighted by molar-refractivity contribution is 0.0804. The minimum atomic E-state index is 0.422. The maximum absolute atomic E-state index is 5.52. The van der Waals surface area contributed by atoms with Crippen LogP contribution in [0.25, 0.3) is 0 Å². The zero-order valence-electron chi connectivity index (χ0n) is 10.7. The first-order valence-corrected chi connectivity index (χ1v) is 7.39. The lowest BCUT2D eigenvalue weighted by atomic mass is 10.0. The van der Waals surface area contributed by atoms with Gasteiger partial charge in [-0.3, -0.25) is 0 Å². The molecule has 2 heterocycles. The molecule has 1 fully saturated rings. The second-order valence-electron chi connectivity index (χ2n) is 4.69. The first kappa shape index (κ1) is 13.0. The second kappa shape index (κ2) is 6.47. The van der Waals surface area contributed by atoms with Gasteiger partial charge in [-0.05, 0) is 32.7 Å². The van der Waals surface area contributed by atoms with E-state index in [9.17, 15) is 0 Å². The van der Waals surface area contributed by atoms with Crippen molar-refractivity contribution >= 4 is 11.3 Å².